The first kappa shape index (κ1) is 12.4. The van der Waals surface area contributed by atoms with Gasteiger partial charge in [-0.3, -0.25) is 9.59 Å². The molecule has 0 radical (unpaired) electrons. The smallest absolute Gasteiger partial charge is 0.223 e. The van der Waals surface area contributed by atoms with Crippen LogP contribution in [0.3, 0.4) is 0 Å². The van der Waals surface area contributed by atoms with E-state index in [2.05, 4.69) is 22.9 Å². The van der Waals surface area contributed by atoms with Crippen LogP contribution in [0, 0.1) is 5.92 Å². The molecule has 0 aromatic rings. The maximum Gasteiger partial charge on any atom is 0.223 e. The van der Waals surface area contributed by atoms with Crippen LogP contribution in [0.5, 0.6) is 0 Å². The number of piperidine rings is 2. The van der Waals surface area contributed by atoms with Crippen LogP contribution >= 0.6 is 0 Å². The van der Waals surface area contributed by atoms with Crippen LogP contribution in [0.1, 0.15) is 32.6 Å². The number of hydrogen-bond donors (Lipinski definition) is 3. The molecule has 3 unspecified atom stereocenters. The van der Waals surface area contributed by atoms with Crippen molar-refractivity contribution in [3.05, 3.63) is 0 Å². The van der Waals surface area contributed by atoms with E-state index in [4.69, 9.17) is 0 Å². The predicted molar refractivity (Wildman–Crippen MR) is 64.4 cm³/mol. The molecule has 2 rings (SSSR count). The van der Waals surface area contributed by atoms with Crippen molar-refractivity contribution in [1.82, 2.24) is 16.0 Å². The highest BCUT2D eigenvalue weighted by Gasteiger charge is 2.27. The van der Waals surface area contributed by atoms with E-state index in [9.17, 15) is 9.59 Å². The molecule has 0 aromatic carbocycles. The second kappa shape index (κ2) is 5.49. The molecule has 0 aliphatic carbocycles. The lowest BCUT2D eigenvalue weighted by Gasteiger charge is -2.30. The Kier molecular flexibility index (Phi) is 3.99. The number of carbonyl (C=O) groups is 2. The van der Waals surface area contributed by atoms with Crippen molar-refractivity contribution in [3.8, 4) is 0 Å². The van der Waals surface area contributed by atoms with Gasteiger partial charge in [-0.1, -0.05) is 0 Å². The molecule has 0 aromatic heterocycles. The van der Waals surface area contributed by atoms with Gasteiger partial charge < -0.3 is 16.0 Å². The van der Waals surface area contributed by atoms with Gasteiger partial charge in [0.2, 0.25) is 11.8 Å². The van der Waals surface area contributed by atoms with Crippen molar-refractivity contribution >= 4 is 11.8 Å². The molecular weight excluding hydrogens is 218 g/mol. The third kappa shape index (κ3) is 3.43. The first-order chi connectivity index (χ1) is 8.15. The summed E-state index contributed by atoms with van der Waals surface area (Å²) < 4.78 is 0. The first-order valence-corrected chi connectivity index (χ1v) is 6.45. The van der Waals surface area contributed by atoms with Gasteiger partial charge in [0.1, 0.15) is 0 Å². The Morgan fingerprint density at radius 1 is 1.41 bits per heavy atom. The largest absolute Gasteiger partial charge is 0.354 e. The summed E-state index contributed by atoms with van der Waals surface area (Å²) in [6, 6.07) is 0.538. The summed E-state index contributed by atoms with van der Waals surface area (Å²) in [6.45, 7) is 3.60. The lowest BCUT2D eigenvalue weighted by atomic mass is 9.92. The molecule has 5 nitrogen and oxygen atoms in total. The Morgan fingerprint density at radius 2 is 2.24 bits per heavy atom. The van der Waals surface area contributed by atoms with Crippen molar-refractivity contribution in [2.75, 3.05) is 13.1 Å². The minimum absolute atomic E-state index is 0.0889. The van der Waals surface area contributed by atoms with Gasteiger partial charge in [0.05, 0.1) is 0 Å². The molecule has 5 heteroatoms. The fourth-order valence-corrected chi connectivity index (χ4v) is 2.55. The summed E-state index contributed by atoms with van der Waals surface area (Å²) in [4.78, 5) is 23.0. The number of nitrogens with one attached hydrogen (secondary N) is 3. The standard InChI is InChI=1S/C12H21N3O2/c1-8-6-9(4-5-13-8)12(17)15-10-2-3-11(16)14-7-10/h8-10,13H,2-7H2,1H3,(H,14,16)(H,15,17). The molecule has 0 saturated carbocycles. The van der Waals surface area contributed by atoms with Crippen molar-refractivity contribution in [2.24, 2.45) is 5.92 Å². The Labute approximate surface area is 102 Å². The van der Waals surface area contributed by atoms with Crippen LogP contribution in [0.25, 0.3) is 0 Å². The lowest BCUT2D eigenvalue weighted by molar-refractivity contribution is -0.128. The number of hydrogen-bond acceptors (Lipinski definition) is 3. The summed E-state index contributed by atoms with van der Waals surface area (Å²) >= 11 is 0. The highest BCUT2D eigenvalue weighted by molar-refractivity contribution is 5.80. The van der Waals surface area contributed by atoms with E-state index >= 15 is 0 Å². The topological polar surface area (TPSA) is 70.2 Å². The quantitative estimate of drug-likeness (QED) is 0.623. The van der Waals surface area contributed by atoms with Crippen LogP contribution < -0.4 is 16.0 Å². The van der Waals surface area contributed by atoms with Gasteiger partial charge in [-0.15, -0.1) is 0 Å². The molecule has 96 valence electrons. The fraction of sp³-hybridized carbons (Fsp3) is 0.833. The zero-order valence-corrected chi connectivity index (χ0v) is 10.3. The zero-order valence-electron chi connectivity index (χ0n) is 10.3. The van der Waals surface area contributed by atoms with Crippen LogP contribution in [-0.2, 0) is 9.59 Å². The van der Waals surface area contributed by atoms with Gasteiger partial charge in [-0.25, -0.2) is 0 Å². The Bertz CT molecular complexity index is 296. The van der Waals surface area contributed by atoms with Crippen LogP contribution in [0.15, 0.2) is 0 Å². The molecule has 2 aliphatic rings. The van der Waals surface area contributed by atoms with Gasteiger partial charge in [0.25, 0.3) is 0 Å². The molecular formula is C12H21N3O2. The molecule has 2 fully saturated rings. The van der Waals surface area contributed by atoms with Crippen molar-refractivity contribution in [2.45, 2.75) is 44.7 Å². The van der Waals surface area contributed by atoms with Gasteiger partial charge in [-0.2, -0.15) is 0 Å². The number of amides is 2. The minimum Gasteiger partial charge on any atom is -0.354 e. The van der Waals surface area contributed by atoms with Gasteiger partial charge in [0, 0.05) is 31.0 Å². The maximum atomic E-state index is 12.0. The zero-order chi connectivity index (χ0) is 12.3. The molecule has 17 heavy (non-hydrogen) atoms. The van der Waals surface area contributed by atoms with E-state index < -0.39 is 0 Å². The van der Waals surface area contributed by atoms with E-state index in [1.807, 2.05) is 0 Å². The molecule has 0 bridgehead atoms. The van der Waals surface area contributed by atoms with E-state index in [1.54, 1.807) is 0 Å². The fourth-order valence-electron chi connectivity index (χ4n) is 2.55. The van der Waals surface area contributed by atoms with E-state index in [0.717, 1.165) is 25.8 Å². The third-order valence-electron chi connectivity index (χ3n) is 3.61. The maximum absolute atomic E-state index is 12.0. The second-order valence-electron chi connectivity index (χ2n) is 5.12. The molecule has 2 saturated heterocycles. The lowest BCUT2D eigenvalue weighted by Crippen LogP contribution is -2.51. The SMILES string of the molecule is CC1CC(C(=O)NC2CCC(=O)NC2)CCN1. The summed E-state index contributed by atoms with van der Waals surface area (Å²) in [5.74, 6) is 0.370. The van der Waals surface area contributed by atoms with E-state index in [-0.39, 0.29) is 23.8 Å². The first-order valence-electron chi connectivity index (χ1n) is 6.45. The van der Waals surface area contributed by atoms with Crippen LogP contribution in [0.4, 0.5) is 0 Å². The van der Waals surface area contributed by atoms with Crippen LogP contribution in [0.2, 0.25) is 0 Å². The Morgan fingerprint density at radius 3 is 2.88 bits per heavy atom. The molecule has 3 atom stereocenters. The Hall–Kier alpha value is -1.10. The normalized spacial score (nSPS) is 33.9. The van der Waals surface area contributed by atoms with E-state index in [1.165, 1.54) is 0 Å². The summed E-state index contributed by atoms with van der Waals surface area (Å²) in [5, 5.41) is 9.17. The average molecular weight is 239 g/mol. The van der Waals surface area contributed by atoms with Crippen molar-refractivity contribution in [1.29, 1.82) is 0 Å². The molecule has 2 aliphatic heterocycles. The Balaban J connectivity index is 1.78. The molecule has 2 amide bonds. The van der Waals surface area contributed by atoms with Gasteiger partial charge in [0.15, 0.2) is 0 Å². The van der Waals surface area contributed by atoms with Crippen molar-refractivity contribution < 1.29 is 9.59 Å². The number of carbonyl (C=O) groups excluding carboxylic acids is 2. The summed E-state index contributed by atoms with van der Waals surface area (Å²) in [6.07, 6.45) is 3.10. The van der Waals surface area contributed by atoms with Gasteiger partial charge in [-0.05, 0) is 32.7 Å². The number of rotatable bonds is 2. The second-order valence-corrected chi connectivity index (χ2v) is 5.12. The minimum atomic E-state index is 0.0889. The predicted octanol–water partition coefficient (Wildman–Crippen LogP) is -0.231. The average Bonchev–Trinajstić information content (AvgIpc) is 2.32. The molecule has 2 heterocycles. The monoisotopic (exact) mass is 239 g/mol. The third-order valence-corrected chi connectivity index (χ3v) is 3.61. The summed E-state index contributed by atoms with van der Waals surface area (Å²) in [5.41, 5.74) is 0. The van der Waals surface area contributed by atoms with Gasteiger partial charge >= 0.3 is 0 Å². The van der Waals surface area contributed by atoms with Crippen LogP contribution in [-0.4, -0.2) is 37.0 Å². The molecule has 3 N–H and O–H groups in total. The van der Waals surface area contributed by atoms with E-state index in [0.29, 0.717) is 19.0 Å². The highest BCUT2D eigenvalue weighted by Crippen LogP contribution is 2.16. The molecule has 0 spiro atoms. The highest BCUT2D eigenvalue weighted by atomic mass is 16.2. The summed E-state index contributed by atoms with van der Waals surface area (Å²) in [7, 11) is 0. The van der Waals surface area contributed by atoms with Crippen molar-refractivity contribution in [3.63, 3.8) is 0 Å².